The molecule has 1 aromatic heterocycles. The molecule has 0 aliphatic rings. The number of aromatic nitrogens is 2. The van der Waals surface area contributed by atoms with E-state index in [1.807, 2.05) is 35.9 Å². The molecule has 18 heavy (non-hydrogen) atoms. The summed E-state index contributed by atoms with van der Waals surface area (Å²) in [4.78, 5) is 0. The van der Waals surface area contributed by atoms with Crippen LogP contribution in [0.25, 0.3) is 0 Å². The Bertz CT molecular complexity index is 605. The first kappa shape index (κ1) is 12.7. The summed E-state index contributed by atoms with van der Waals surface area (Å²) in [6.07, 6.45) is 1.66. The largest absolute Gasteiger partial charge is 0.320 e. The second kappa shape index (κ2) is 5.72. The van der Waals surface area contributed by atoms with Gasteiger partial charge in [-0.3, -0.25) is 4.68 Å². The van der Waals surface area contributed by atoms with Gasteiger partial charge in [0.05, 0.1) is 30.0 Å². The predicted molar refractivity (Wildman–Crippen MR) is 73.5 cm³/mol. The molecule has 1 heterocycles. The van der Waals surface area contributed by atoms with Gasteiger partial charge < -0.3 is 5.73 Å². The lowest BCUT2D eigenvalue weighted by molar-refractivity contribution is 0.664. The Kier molecular flexibility index (Phi) is 4.03. The fourth-order valence-corrected chi connectivity index (χ4v) is 1.81. The van der Waals surface area contributed by atoms with Crippen molar-refractivity contribution in [2.45, 2.75) is 13.5 Å². The minimum absolute atomic E-state index is 0.362. The Labute approximate surface area is 112 Å². The molecule has 0 atom stereocenters. The molecule has 0 radical (unpaired) electrons. The third-order valence-corrected chi connectivity index (χ3v) is 3.08. The van der Waals surface area contributed by atoms with Crippen LogP contribution in [0.15, 0.2) is 30.5 Å². The number of nitrogens with two attached hydrogens (primary N) is 1. The molecule has 0 amide bonds. The van der Waals surface area contributed by atoms with Crippen molar-refractivity contribution >= 4 is 11.6 Å². The molecule has 2 aromatic rings. The van der Waals surface area contributed by atoms with Crippen LogP contribution < -0.4 is 5.73 Å². The van der Waals surface area contributed by atoms with E-state index in [2.05, 4.69) is 16.9 Å². The molecule has 0 unspecified atom stereocenters. The number of hydrogen-bond acceptors (Lipinski definition) is 2. The maximum atomic E-state index is 5.99. The van der Waals surface area contributed by atoms with Crippen molar-refractivity contribution in [3.05, 3.63) is 52.3 Å². The molecule has 2 N–H and O–H groups in total. The van der Waals surface area contributed by atoms with Gasteiger partial charge in [-0.15, -0.1) is 0 Å². The van der Waals surface area contributed by atoms with Crippen molar-refractivity contribution in [3.63, 3.8) is 0 Å². The molecular formula is C14H14ClN3. The summed E-state index contributed by atoms with van der Waals surface area (Å²) in [6.45, 7) is 2.97. The number of nitrogens with zero attached hydrogens (tertiary/aromatic N) is 2. The molecule has 4 heteroatoms. The van der Waals surface area contributed by atoms with Gasteiger partial charge in [-0.25, -0.2) is 0 Å². The van der Waals surface area contributed by atoms with Crippen LogP contribution >= 0.6 is 11.6 Å². The number of benzene rings is 1. The first-order valence-electron chi connectivity index (χ1n) is 5.67. The molecule has 0 bridgehead atoms. The molecule has 0 fully saturated rings. The van der Waals surface area contributed by atoms with Gasteiger partial charge in [-0.1, -0.05) is 41.6 Å². The van der Waals surface area contributed by atoms with E-state index in [0.717, 1.165) is 16.8 Å². The highest BCUT2D eigenvalue weighted by Gasteiger charge is 2.06. The van der Waals surface area contributed by atoms with E-state index in [-0.39, 0.29) is 0 Å². The fraction of sp³-hybridized carbons (Fsp3) is 0.214. The second-order valence-electron chi connectivity index (χ2n) is 3.90. The van der Waals surface area contributed by atoms with Crippen LogP contribution in [-0.2, 0) is 6.54 Å². The lowest BCUT2D eigenvalue weighted by atomic mass is 10.1. The van der Waals surface area contributed by atoms with Crippen LogP contribution in [-0.4, -0.2) is 16.3 Å². The summed E-state index contributed by atoms with van der Waals surface area (Å²) in [5, 5.41) is 4.92. The van der Waals surface area contributed by atoms with Gasteiger partial charge in [0.1, 0.15) is 0 Å². The zero-order valence-electron chi connectivity index (χ0n) is 10.2. The molecule has 2 rings (SSSR count). The van der Waals surface area contributed by atoms with Gasteiger partial charge in [-0.05, 0) is 18.6 Å². The first-order chi connectivity index (χ1) is 8.72. The number of rotatable bonds is 2. The lowest BCUT2D eigenvalue weighted by Gasteiger charge is -2.07. The summed E-state index contributed by atoms with van der Waals surface area (Å²) in [5.74, 6) is 5.94. The van der Waals surface area contributed by atoms with Crippen molar-refractivity contribution < 1.29 is 0 Å². The molecule has 3 nitrogen and oxygen atoms in total. The maximum Gasteiger partial charge on any atom is 0.0815 e. The van der Waals surface area contributed by atoms with Crippen molar-refractivity contribution in [3.8, 4) is 11.8 Å². The van der Waals surface area contributed by atoms with Gasteiger partial charge in [0.25, 0.3) is 0 Å². The Morgan fingerprint density at radius 2 is 2.17 bits per heavy atom. The zero-order valence-corrected chi connectivity index (χ0v) is 10.9. The third-order valence-electron chi connectivity index (χ3n) is 2.71. The zero-order chi connectivity index (χ0) is 13.0. The van der Waals surface area contributed by atoms with Gasteiger partial charge in [0, 0.05) is 5.56 Å². The summed E-state index contributed by atoms with van der Waals surface area (Å²) in [5.41, 5.74) is 8.45. The minimum Gasteiger partial charge on any atom is -0.320 e. The average Bonchev–Trinajstić information content (AvgIpc) is 2.70. The highest BCUT2D eigenvalue weighted by Crippen LogP contribution is 2.16. The normalized spacial score (nSPS) is 9.94. The van der Waals surface area contributed by atoms with E-state index in [4.69, 9.17) is 17.3 Å². The van der Waals surface area contributed by atoms with E-state index in [0.29, 0.717) is 18.1 Å². The SMILES string of the molecule is Cc1c(Cl)cnn1Cc1ccccc1C#CCN. The van der Waals surface area contributed by atoms with Crippen LogP contribution in [0.1, 0.15) is 16.8 Å². The standard InChI is InChI=1S/C14H14ClN3/c1-11-14(15)9-17-18(11)10-13-6-3-2-5-12(13)7-4-8-16/h2-3,5-6,9H,8,10,16H2,1H3. The second-order valence-corrected chi connectivity index (χ2v) is 4.31. The van der Waals surface area contributed by atoms with Crippen molar-refractivity contribution in [1.82, 2.24) is 9.78 Å². The highest BCUT2D eigenvalue weighted by atomic mass is 35.5. The van der Waals surface area contributed by atoms with Crippen LogP contribution in [0.2, 0.25) is 5.02 Å². The number of halogens is 1. The molecule has 92 valence electrons. The van der Waals surface area contributed by atoms with E-state index in [1.165, 1.54) is 0 Å². The van der Waals surface area contributed by atoms with Crippen LogP contribution in [0.3, 0.4) is 0 Å². The van der Waals surface area contributed by atoms with Crippen molar-refractivity contribution in [2.24, 2.45) is 5.73 Å². The Balaban J connectivity index is 2.32. The summed E-state index contributed by atoms with van der Waals surface area (Å²) >= 11 is 5.99. The summed E-state index contributed by atoms with van der Waals surface area (Å²) in [7, 11) is 0. The summed E-state index contributed by atoms with van der Waals surface area (Å²) in [6, 6.07) is 7.98. The van der Waals surface area contributed by atoms with E-state index < -0.39 is 0 Å². The summed E-state index contributed by atoms with van der Waals surface area (Å²) < 4.78 is 1.87. The molecule has 1 aromatic carbocycles. The Morgan fingerprint density at radius 1 is 1.39 bits per heavy atom. The highest BCUT2D eigenvalue weighted by molar-refractivity contribution is 6.31. The third kappa shape index (κ3) is 2.73. The van der Waals surface area contributed by atoms with Gasteiger partial charge >= 0.3 is 0 Å². The van der Waals surface area contributed by atoms with Gasteiger partial charge in [0.2, 0.25) is 0 Å². The van der Waals surface area contributed by atoms with E-state index in [1.54, 1.807) is 6.20 Å². The maximum absolute atomic E-state index is 5.99. The average molecular weight is 260 g/mol. The molecule has 0 aliphatic carbocycles. The lowest BCUT2D eigenvalue weighted by Crippen LogP contribution is -2.05. The quantitative estimate of drug-likeness (QED) is 0.841. The monoisotopic (exact) mass is 259 g/mol. The number of hydrogen-bond donors (Lipinski definition) is 1. The van der Waals surface area contributed by atoms with Crippen LogP contribution in [0.5, 0.6) is 0 Å². The first-order valence-corrected chi connectivity index (χ1v) is 6.05. The predicted octanol–water partition coefficient (Wildman–Crippen LogP) is 2.20. The van der Waals surface area contributed by atoms with Crippen LogP contribution in [0.4, 0.5) is 0 Å². The molecular weight excluding hydrogens is 246 g/mol. The van der Waals surface area contributed by atoms with E-state index in [9.17, 15) is 0 Å². The minimum atomic E-state index is 0.362. The van der Waals surface area contributed by atoms with Crippen molar-refractivity contribution in [1.29, 1.82) is 0 Å². The fourth-order valence-electron chi connectivity index (χ4n) is 1.67. The van der Waals surface area contributed by atoms with Crippen molar-refractivity contribution in [2.75, 3.05) is 6.54 Å². The van der Waals surface area contributed by atoms with Gasteiger partial charge in [-0.2, -0.15) is 5.10 Å². The Hall–Kier alpha value is -1.76. The van der Waals surface area contributed by atoms with Gasteiger partial charge in [0.15, 0.2) is 0 Å². The topological polar surface area (TPSA) is 43.8 Å². The molecule has 0 spiro atoms. The molecule has 0 aliphatic heterocycles. The molecule has 0 saturated heterocycles. The Morgan fingerprint density at radius 3 is 2.83 bits per heavy atom. The van der Waals surface area contributed by atoms with Crippen LogP contribution in [0, 0.1) is 18.8 Å². The molecule has 0 saturated carbocycles. The van der Waals surface area contributed by atoms with E-state index >= 15 is 0 Å². The smallest absolute Gasteiger partial charge is 0.0815 e.